The second-order valence-corrected chi connectivity index (χ2v) is 4.78. The van der Waals surface area contributed by atoms with Crippen molar-refractivity contribution in [1.82, 2.24) is 4.90 Å². The molecule has 0 bridgehead atoms. The van der Waals surface area contributed by atoms with Crippen molar-refractivity contribution in [2.45, 2.75) is 13.8 Å². The zero-order valence-electron chi connectivity index (χ0n) is 11.7. The number of thiocarbonyl (C=S) groups is 1. The maximum absolute atomic E-state index is 12.0. The standard InChI is InChI=1S/C14H21N3OS/c1-4-17(5-2)13(18)10-16(3)12-8-6-7-11(9-12)14(15)19/h6-9H,4-5,10H2,1-3H3,(H2,15,19). The molecule has 0 spiro atoms. The van der Waals surface area contributed by atoms with Crippen molar-refractivity contribution in [3.63, 3.8) is 0 Å². The fourth-order valence-corrected chi connectivity index (χ4v) is 1.99. The summed E-state index contributed by atoms with van der Waals surface area (Å²) < 4.78 is 0. The van der Waals surface area contributed by atoms with E-state index in [1.54, 1.807) is 0 Å². The van der Waals surface area contributed by atoms with Gasteiger partial charge in [-0.05, 0) is 26.0 Å². The van der Waals surface area contributed by atoms with E-state index in [0.29, 0.717) is 11.5 Å². The SMILES string of the molecule is CCN(CC)C(=O)CN(C)c1cccc(C(N)=S)c1. The normalized spacial score (nSPS) is 10.1. The van der Waals surface area contributed by atoms with Crippen molar-refractivity contribution < 1.29 is 4.79 Å². The highest BCUT2D eigenvalue weighted by Crippen LogP contribution is 2.15. The van der Waals surface area contributed by atoms with Crippen molar-refractivity contribution in [2.75, 3.05) is 31.6 Å². The van der Waals surface area contributed by atoms with E-state index in [1.807, 2.05) is 55.0 Å². The van der Waals surface area contributed by atoms with E-state index in [4.69, 9.17) is 18.0 Å². The Morgan fingerprint density at radius 1 is 1.32 bits per heavy atom. The third kappa shape index (κ3) is 4.21. The molecule has 0 unspecified atom stereocenters. The number of benzene rings is 1. The van der Waals surface area contributed by atoms with Crippen LogP contribution >= 0.6 is 12.2 Å². The lowest BCUT2D eigenvalue weighted by molar-refractivity contribution is -0.129. The lowest BCUT2D eigenvalue weighted by Gasteiger charge is -2.24. The summed E-state index contributed by atoms with van der Waals surface area (Å²) in [5.74, 6) is 0.119. The van der Waals surface area contributed by atoms with Gasteiger partial charge < -0.3 is 15.5 Å². The molecule has 2 N–H and O–H groups in total. The minimum Gasteiger partial charge on any atom is -0.389 e. The van der Waals surface area contributed by atoms with Crippen LogP contribution in [0.15, 0.2) is 24.3 Å². The van der Waals surface area contributed by atoms with Gasteiger partial charge in [-0.2, -0.15) is 0 Å². The summed E-state index contributed by atoms with van der Waals surface area (Å²) in [5, 5.41) is 0. The van der Waals surface area contributed by atoms with Gasteiger partial charge in [-0.3, -0.25) is 4.79 Å². The third-order valence-corrected chi connectivity index (χ3v) is 3.30. The Morgan fingerprint density at radius 2 is 1.95 bits per heavy atom. The molecule has 19 heavy (non-hydrogen) atoms. The maximum atomic E-state index is 12.0. The van der Waals surface area contributed by atoms with E-state index < -0.39 is 0 Å². The number of hydrogen-bond acceptors (Lipinski definition) is 3. The summed E-state index contributed by atoms with van der Waals surface area (Å²) >= 11 is 4.96. The highest BCUT2D eigenvalue weighted by molar-refractivity contribution is 7.80. The van der Waals surface area contributed by atoms with Gasteiger partial charge in [-0.1, -0.05) is 24.4 Å². The number of anilines is 1. The monoisotopic (exact) mass is 279 g/mol. The molecule has 0 atom stereocenters. The number of amides is 1. The number of carbonyl (C=O) groups is 1. The van der Waals surface area contributed by atoms with Gasteiger partial charge in [0.2, 0.25) is 5.91 Å². The first-order chi connectivity index (χ1) is 8.99. The van der Waals surface area contributed by atoms with Crippen LogP contribution in [0.3, 0.4) is 0 Å². The zero-order valence-corrected chi connectivity index (χ0v) is 12.5. The van der Waals surface area contributed by atoms with E-state index in [2.05, 4.69) is 0 Å². The molecular weight excluding hydrogens is 258 g/mol. The predicted octanol–water partition coefficient (Wildman–Crippen LogP) is 1.63. The fraction of sp³-hybridized carbons (Fsp3) is 0.429. The minimum atomic E-state index is 0.119. The molecule has 0 aromatic heterocycles. The molecule has 0 heterocycles. The number of carbonyl (C=O) groups excluding carboxylic acids is 1. The predicted molar refractivity (Wildman–Crippen MR) is 83.5 cm³/mol. The molecule has 0 aliphatic heterocycles. The molecule has 0 radical (unpaired) electrons. The number of rotatable bonds is 6. The van der Waals surface area contributed by atoms with Crippen LogP contribution in [-0.4, -0.2) is 42.5 Å². The average Bonchev–Trinajstić information content (AvgIpc) is 2.40. The Labute approximate surface area is 120 Å². The van der Waals surface area contributed by atoms with Crippen LogP contribution in [0.5, 0.6) is 0 Å². The van der Waals surface area contributed by atoms with Crippen LogP contribution < -0.4 is 10.6 Å². The molecule has 1 aromatic carbocycles. The average molecular weight is 279 g/mol. The van der Waals surface area contributed by atoms with Crippen LogP contribution in [0.4, 0.5) is 5.69 Å². The Hall–Kier alpha value is -1.62. The quantitative estimate of drug-likeness (QED) is 0.804. The highest BCUT2D eigenvalue weighted by Gasteiger charge is 2.13. The van der Waals surface area contributed by atoms with E-state index in [1.165, 1.54) is 0 Å². The second kappa shape index (κ2) is 7.09. The van der Waals surface area contributed by atoms with Crippen molar-refractivity contribution in [3.05, 3.63) is 29.8 Å². The number of nitrogens with two attached hydrogens (primary N) is 1. The smallest absolute Gasteiger partial charge is 0.242 e. The summed E-state index contributed by atoms with van der Waals surface area (Å²) in [5.41, 5.74) is 7.36. The van der Waals surface area contributed by atoms with Crippen molar-refractivity contribution in [3.8, 4) is 0 Å². The van der Waals surface area contributed by atoms with Gasteiger partial charge in [0, 0.05) is 31.4 Å². The Morgan fingerprint density at radius 3 is 2.47 bits per heavy atom. The second-order valence-electron chi connectivity index (χ2n) is 4.34. The van der Waals surface area contributed by atoms with Gasteiger partial charge in [0.1, 0.15) is 4.99 Å². The highest BCUT2D eigenvalue weighted by atomic mass is 32.1. The zero-order chi connectivity index (χ0) is 14.4. The van der Waals surface area contributed by atoms with Crippen LogP contribution in [0.1, 0.15) is 19.4 Å². The Balaban J connectivity index is 2.78. The summed E-state index contributed by atoms with van der Waals surface area (Å²) in [6, 6.07) is 7.60. The maximum Gasteiger partial charge on any atom is 0.242 e. The van der Waals surface area contributed by atoms with Crippen LogP contribution in [0, 0.1) is 0 Å². The van der Waals surface area contributed by atoms with Gasteiger partial charge in [0.15, 0.2) is 0 Å². The number of nitrogens with zero attached hydrogens (tertiary/aromatic N) is 2. The molecule has 4 nitrogen and oxygen atoms in total. The van der Waals surface area contributed by atoms with Crippen molar-refractivity contribution >= 4 is 28.8 Å². The van der Waals surface area contributed by atoms with Gasteiger partial charge in [-0.15, -0.1) is 0 Å². The number of hydrogen-bond donors (Lipinski definition) is 1. The summed E-state index contributed by atoms with van der Waals surface area (Å²) in [6.07, 6.45) is 0. The molecule has 1 amide bonds. The summed E-state index contributed by atoms with van der Waals surface area (Å²) in [7, 11) is 1.89. The molecule has 1 rings (SSSR count). The van der Waals surface area contributed by atoms with E-state index in [9.17, 15) is 4.79 Å². The van der Waals surface area contributed by atoms with Crippen LogP contribution in [0.25, 0.3) is 0 Å². The van der Waals surface area contributed by atoms with Crippen molar-refractivity contribution in [1.29, 1.82) is 0 Å². The van der Waals surface area contributed by atoms with Gasteiger partial charge in [0.25, 0.3) is 0 Å². The third-order valence-electron chi connectivity index (χ3n) is 3.06. The number of likely N-dealkylation sites (N-methyl/N-ethyl adjacent to an activating group) is 2. The lowest BCUT2D eigenvalue weighted by atomic mass is 10.2. The molecular formula is C14H21N3OS. The fourth-order valence-electron chi connectivity index (χ4n) is 1.87. The Bertz CT molecular complexity index is 458. The molecule has 0 aliphatic carbocycles. The summed E-state index contributed by atoms with van der Waals surface area (Å²) in [4.78, 5) is 16.1. The lowest BCUT2D eigenvalue weighted by Crippen LogP contribution is -2.38. The molecule has 0 saturated heterocycles. The van der Waals surface area contributed by atoms with Gasteiger partial charge in [-0.25, -0.2) is 0 Å². The first-order valence-corrected chi connectivity index (χ1v) is 6.79. The van der Waals surface area contributed by atoms with Crippen LogP contribution in [-0.2, 0) is 4.79 Å². The molecule has 1 aromatic rings. The Kier molecular flexibility index (Phi) is 5.76. The van der Waals surface area contributed by atoms with Gasteiger partial charge in [0.05, 0.1) is 6.54 Å². The first-order valence-electron chi connectivity index (χ1n) is 6.38. The largest absolute Gasteiger partial charge is 0.389 e. The molecule has 0 fully saturated rings. The topological polar surface area (TPSA) is 49.6 Å². The molecule has 104 valence electrons. The molecule has 0 saturated carbocycles. The van der Waals surface area contributed by atoms with Gasteiger partial charge >= 0.3 is 0 Å². The molecule has 5 heteroatoms. The van der Waals surface area contributed by atoms with E-state index in [0.717, 1.165) is 24.3 Å². The first kappa shape index (κ1) is 15.4. The van der Waals surface area contributed by atoms with Crippen LogP contribution in [0.2, 0.25) is 0 Å². The minimum absolute atomic E-state index is 0.119. The van der Waals surface area contributed by atoms with E-state index in [-0.39, 0.29) is 5.91 Å². The van der Waals surface area contributed by atoms with E-state index >= 15 is 0 Å². The van der Waals surface area contributed by atoms with Crippen molar-refractivity contribution in [2.24, 2.45) is 5.73 Å². The summed E-state index contributed by atoms with van der Waals surface area (Å²) in [6.45, 7) is 5.78. The molecule has 0 aliphatic rings.